The van der Waals surface area contributed by atoms with E-state index in [4.69, 9.17) is 14.0 Å². The highest BCUT2D eigenvalue weighted by Gasteiger charge is 2.26. The third-order valence-corrected chi connectivity index (χ3v) is 4.77. The third-order valence-electron chi connectivity index (χ3n) is 4.77. The minimum absolute atomic E-state index is 0.0746. The van der Waals surface area contributed by atoms with Gasteiger partial charge in [-0.15, -0.1) is 0 Å². The summed E-state index contributed by atoms with van der Waals surface area (Å²) in [5.41, 5.74) is 0. The van der Waals surface area contributed by atoms with Crippen molar-refractivity contribution >= 4 is 5.91 Å². The predicted octanol–water partition coefficient (Wildman–Crippen LogP) is 1.39. The van der Waals surface area contributed by atoms with Crippen molar-refractivity contribution in [3.05, 3.63) is 11.7 Å². The largest absolute Gasteiger partial charge is 0.381 e. The van der Waals surface area contributed by atoms with E-state index in [2.05, 4.69) is 10.1 Å². The predicted molar refractivity (Wildman–Crippen MR) is 82.0 cm³/mol. The Morgan fingerprint density at radius 3 is 2.70 bits per heavy atom. The summed E-state index contributed by atoms with van der Waals surface area (Å²) >= 11 is 0. The molecule has 0 radical (unpaired) electrons. The van der Waals surface area contributed by atoms with Crippen LogP contribution in [0.4, 0.5) is 0 Å². The molecule has 1 aromatic rings. The fourth-order valence-electron chi connectivity index (χ4n) is 3.32. The van der Waals surface area contributed by atoms with Crippen LogP contribution in [-0.4, -0.2) is 61.0 Å². The summed E-state index contributed by atoms with van der Waals surface area (Å²) in [4.78, 5) is 18.2. The van der Waals surface area contributed by atoms with Gasteiger partial charge in [-0.1, -0.05) is 5.16 Å². The number of amides is 1. The molecule has 7 nitrogen and oxygen atoms in total. The molecule has 3 heterocycles. The average Bonchev–Trinajstić information content (AvgIpc) is 3.05. The van der Waals surface area contributed by atoms with Crippen LogP contribution in [-0.2, 0) is 20.7 Å². The standard InChI is InChI=1S/C16H25N3O4/c1-21-11-15(20)19-6-2-12(3-7-19)10-14-17-16(18-23-14)13-4-8-22-9-5-13/h12-13H,2-11H2,1H3. The summed E-state index contributed by atoms with van der Waals surface area (Å²) in [6, 6.07) is 0. The van der Waals surface area contributed by atoms with Crippen molar-refractivity contribution in [2.45, 2.75) is 38.0 Å². The highest BCUT2D eigenvalue weighted by Crippen LogP contribution is 2.26. The van der Waals surface area contributed by atoms with Gasteiger partial charge in [0.2, 0.25) is 11.8 Å². The second-order valence-corrected chi connectivity index (χ2v) is 6.39. The van der Waals surface area contributed by atoms with Crippen molar-refractivity contribution in [2.24, 2.45) is 5.92 Å². The molecular weight excluding hydrogens is 298 g/mol. The maximum Gasteiger partial charge on any atom is 0.248 e. The topological polar surface area (TPSA) is 77.7 Å². The first kappa shape index (κ1) is 16.4. The molecule has 0 bridgehead atoms. The zero-order valence-corrected chi connectivity index (χ0v) is 13.7. The Hall–Kier alpha value is -1.47. The minimum Gasteiger partial charge on any atom is -0.381 e. The lowest BCUT2D eigenvalue weighted by atomic mass is 9.93. The van der Waals surface area contributed by atoms with E-state index in [1.807, 2.05) is 4.90 Å². The molecule has 0 aliphatic carbocycles. The summed E-state index contributed by atoms with van der Waals surface area (Å²) in [5.74, 6) is 2.51. The van der Waals surface area contributed by atoms with Gasteiger partial charge in [-0.3, -0.25) is 4.79 Å². The number of piperidine rings is 1. The molecule has 1 amide bonds. The highest BCUT2D eigenvalue weighted by molar-refractivity contribution is 5.77. The van der Waals surface area contributed by atoms with Gasteiger partial charge in [0.05, 0.1) is 0 Å². The van der Waals surface area contributed by atoms with Crippen LogP contribution in [0, 0.1) is 5.92 Å². The first-order valence-electron chi connectivity index (χ1n) is 8.43. The fourth-order valence-corrected chi connectivity index (χ4v) is 3.32. The van der Waals surface area contributed by atoms with Crippen LogP contribution in [0.25, 0.3) is 0 Å². The lowest BCUT2D eigenvalue weighted by Gasteiger charge is -2.31. The van der Waals surface area contributed by atoms with E-state index in [0.717, 1.165) is 70.1 Å². The van der Waals surface area contributed by atoms with Gasteiger partial charge < -0.3 is 18.9 Å². The SMILES string of the molecule is COCC(=O)N1CCC(Cc2nc(C3CCOCC3)no2)CC1. The number of nitrogens with zero attached hydrogens (tertiary/aromatic N) is 3. The monoisotopic (exact) mass is 323 g/mol. The Bertz CT molecular complexity index is 505. The molecule has 2 aliphatic heterocycles. The normalized spacial score (nSPS) is 20.8. The molecule has 23 heavy (non-hydrogen) atoms. The van der Waals surface area contributed by atoms with Crippen molar-refractivity contribution < 1.29 is 18.8 Å². The Kier molecular flexibility index (Phi) is 5.61. The van der Waals surface area contributed by atoms with Gasteiger partial charge in [-0.05, 0) is 31.6 Å². The molecule has 2 aliphatic rings. The molecule has 1 aromatic heterocycles. The molecule has 128 valence electrons. The van der Waals surface area contributed by atoms with Crippen molar-refractivity contribution in [2.75, 3.05) is 40.0 Å². The van der Waals surface area contributed by atoms with E-state index in [9.17, 15) is 4.79 Å². The molecule has 7 heteroatoms. The molecule has 0 unspecified atom stereocenters. The van der Waals surface area contributed by atoms with Crippen LogP contribution < -0.4 is 0 Å². The Labute approximate surface area is 136 Å². The smallest absolute Gasteiger partial charge is 0.248 e. The van der Waals surface area contributed by atoms with E-state index in [0.29, 0.717) is 11.8 Å². The van der Waals surface area contributed by atoms with Gasteiger partial charge in [0, 0.05) is 45.8 Å². The summed E-state index contributed by atoms with van der Waals surface area (Å²) < 4.78 is 15.7. The maximum absolute atomic E-state index is 11.8. The second-order valence-electron chi connectivity index (χ2n) is 6.39. The number of aromatic nitrogens is 2. The molecule has 0 saturated carbocycles. The van der Waals surface area contributed by atoms with Crippen LogP contribution in [0.5, 0.6) is 0 Å². The van der Waals surface area contributed by atoms with Crippen molar-refractivity contribution in [1.29, 1.82) is 0 Å². The van der Waals surface area contributed by atoms with Crippen LogP contribution >= 0.6 is 0 Å². The minimum atomic E-state index is 0.0746. The van der Waals surface area contributed by atoms with Crippen molar-refractivity contribution in [3.8, 4) is 0 Å². The molecular formula is C16H25N3O4. The molecule has 0 atom stereocenters. The summed E-state index contributed by atoms with van der Waals surface area (Å²) in [6.45, 7) is 3.30. The molecule has 0 aromatic carbocycles. The number of rotatable bonds is 5. The van der Waals surface area contributed by atoms with E-state index in [1.54, 1.807) is 7.11 Å². The van der Waals surface area contributed by atoms with Crippen LogP contribution in [0.1, 0.15) is 43.3 Å². The number of methoxy groups -OCH3 is 1. The molecule has 2 saturated heterocycles. The van der Waals surface area contributed by atoms with E-state index >= 15 is 0 Å². The molecule has 0 N–H and O–H groups in total. The van der Waals surface area contributed by atoms with E-state index < -0.39 is 0 Å². The third kappa shape index (κ3) is 4.29. The number of hydrogen-bond donors (Lipinski definition) is 0. The van der Waals surface area contributed by atoms with Crippen molar-refractivity contribution in [3.63, 3.8) is 0 Å². The summed E-state index contributed by atoms with van der Waals surface area (Å²) in [6.07, 6.45) is 4.70. The van der Waals surface area contributed by atoms with Crippen molar-refractivity contribution in [1.82, 2.24) is 15.0 Å². The summed E-state index contributed by atoms with van der Waals surface area (Å²) in [5, 5.41) is 4.15. The fraction of sp³-hybridized carbons (Fsp3) is 0.812. The lowest BCUT2D eigenvalue weighted by molar-refractivity contribution is -0.136. The lowest BCUT2D eigenvalue weighted by Crippen LogP contribution is -2.40. The highest BCUT2D eigenvalue weighted by atomic mass is 16.5. The first-order chi connectivity index (χ1) is 11.3. The number of carbonyl (C=O) groups is 1. The Morgan fingerprint density at radius 2 is 2.00 bits per heavy atom. The molecule has 0 spiro atoms. The number of carbonyl (C=O) groups excluding carboxylic acids is 1. The van der Waals surface area contributed by atoms with Gasteiger partial charge in [0.15, 0.2) is 5.82 Å². The Morgan fingerprint density at radius 1 is 1.26 bits per heavy atom. The van der Waals surface area contributed by atoms with Gasteiger partial charge in [-0.25, -0.2) is 0 Å². The first-order valence-corrected chi connectivity index (χ1v) is 8.43. The maximum atomic E-state index is 11.8. The zero-order chi connectivity index (χ0) is 16.1. The number of ether oxygens (including phenoxy) is 2. The van der Waals surface area contributed by atoms with Crippen LogP contribution in [0.3, 0.4) is 0 Å². The quantitative estimate of drug-likeness (QED) is 0.815. The van der Waals surface area contributed by atoms with Crippen LogP contribution in [0.2, 0.25) is 0 Å². The van der Waals surface area contributed by atoms with E-state index in [-0.39, 0.29) is 12.5 Å². The number of hydrogen-bond acceptors (Lipinski definition) is 6. The van der Waals surface area contributed by atoms with Gasteiger partial charge in [0.1, 0.15) is 6.61 Å². The van der Waals surface area contributed by atoms with E-state index in [1.165, 1.54) is 0 Å². The van der Waals surface area contributed by atoms with Gasteiger partial charge in [0.25, 0.3) is 0 Å². The number of likely N-dealkylation sites (tertiary alicyclic amines) is 1. The van der Waals surface area contributed by atoms with Crippen LogP contribution in [0.15, 0.2) is 4.52 Å². The second kappa shape index (κ2) is 7.88. The average molecular weight is 323 g/mol. The van der Waals surface area contributed by atoms with Gasteiger partial charge >= 0.3 is 0 Å². The zero-order valence-electron chi connectivity index (χ0n) is 13.7. The molecule has 3 rings (SSSR count). The Balaban J connectivity index is 1.47. The van der Waals surface area contributed by atoms with Gasteiger partial charge in [-0.2, -0.15) is 4.98 Å². The molecule has 2 fully saturated rings. The summed E-state index contributed by atoms with van der Waals surface area (Å²) in [7, 11) is 1.55.